The Morgan fingerprint density at radius 2 is 1.85 bits per heavy atom. The molecule has 6 atom stereocenters. The standard InChI is InChI=1S/C34H43F2N3O7/c1-4-22-26(19-40)39-18-28(22)46-31-30(37-24-9-8-21(43-3)16-25(24)38-31)34(35,36)10-6-5-7-20-15-27(20)45-29(41)17-23(32(39)42)33(2)11-13-44-14-12-33/h8-9,16,19-20,22-23,26-28H,4-7,10-15,17-18H2,1-3H3/t20-,22+,23-,26-,27-,28+/m1/s1. The molecule has 10 nitrogen and oxygen atoms in total. The highest BCUT2D eigenvalue weighted by Gasteiger charge is 2.51. The Morgan fingerprint density at radius 1 is 1.07 bits per heavy atom. The first-order chi connectivity index (χ1) is 22.1. The van der Waals surface area contributed by atoms with Crippen LogP contribution in [0, 0.1) is 23.2 Å². The summed E-state index contributed by atoms with van der Waals surface area (Å²) in [4.78, 5) is 50.7. The normalized spacial score (nSPS) is 31.5. The van der Waals surface area contributed by atoms with Gasteiger partial charge in [-0.3, -0.25) is 9.59 Å². The smallest absolute Gasteiger partial charge is 0.306 e. The molecule has 250 valence electrons. The summed E-state index contributed by atoms with van der Waals surface area (Å²) in [6.45, 7) is 4.76. The number of aldehydes is 1. The van der Waals surface area contributed by atoms with Crippen LogP contribution >= 0.6 is 0 Å². The summed E-state index contributed by atoms with van der Waals surface area (Å²) >= 11 is 0. The van der Waals surface area contributed by atoms with Gasteiger partial charge in [0.2, 0.25) is 11.8 Å². The average molecular weight is 644 g/mol. The van der Waals surface area contributed by atoms with E-state index in [9.17, 15) is 14.4 Å². The maximum Gasteiger partial charge on any atom is 0.306 e. The maximum absolute atomic E-state index is 16.0. The van der Waals surface area contributed by atoms with E-state index in [2.05, 4.69) is 9.97 Å². The molecule has 2 saturated heterocycles. The number of esters is 1. The summed E-state index contributed by atoms with van der Waals surface area (Å²) in [6.07, 6.45) is 2.82. The number of hydrogen-bond acceptors (Lipinski definition) is 9. The molecule has 46 heavy (non-hydrogen) atoms. The van der Waals surface area contributed by atoms with Crippen LogP contribution in [0.15, 0.2) is 18.2 Å². The van der Waals surface area contributed by atoms with Gasteiger partial charge in [-0.1, -0.05) is 20.3 Å². The Labute approximate surface area is 267 Å². The highest BCUT2D eigenvalue weighted by Crippen LogP contribution is 2.46. The van der Waals surface area contributed by atoms with Crippen LogP contribution in [-0.4, -0.2) is 78.1 Å². The molecule has 3 aliphatic heterocycles. The van der Waals surface area contributed by atoms with Crippen molar-refractivity contribution in [3.63, 3.8) is 0 Å². The number of amides is 1. The number of nitrogens with zero attached hydrogens (tertiary/aromatic N) is 3. The van der Waals surface area contributed by atoms with Crippen LogP contribution in [0.3, 0.4) is 0 Å². The molecule has 1 aromatic heterocycles. The summed E-state index contributed by atoms with van der Waals surface area (Å²) in [5.74, 6) is -5.07. The van der Waals surface area contributed by atoms with Crippen LogP contribution in [0.1, 0.15) is 77.3 Å². The van der Waals surface area contributed by atoms with Gasteiger partial charge >= 0.3 is 5.97 Å². The molecule has 2 bridgehead atoms. The molecule has 2 aromatic rings. The van der Waals surface area contributed by atoms with E-state index in [1.807, 2.05) is 13.8 Å². The van der Waals surface area contributed by atoms with Gasteiger partial charge in [0.05, 0.1) is 43.1 Å². The number of methoxy groups -OCH3 is 1. The van der Waals surface area contributed by atoms with Crippen LogP contribution in [0.2, 0.25) is 0 Å². The number of rotatable bonds is 4. The number of aromatic nitrogens is 2. The fraction of sp³-hybridized carbons (Fsp3) is 0.676. The molecular weight excluding hydrogens is 600 g/mol. The van der Waals surface area contributed by atoms with E-state index in [0.717, 1.165) is 6.29 Å². The molecule has 0 N–H and O–H groups in total. The van der Waals surface area contributed by atoms with Crippen molar-refractivity contribution in [1.82, 2.24) is 14.9 Å². The van der Waals surface area contributed by atoms with E-state index in [1.165, 1.54) is 12.0 Å². The molecule has 0 spiro atoms. The predicted molar refractivity (Wildman–Crippen MR) is 162 cm³/mol. The molecule has 12 heteroatoms. The molecule has 0 radical (unpaired) electrons. The fourth-order valence-electron chi connectivity index (χ4n) is 7.49. The van der Waals surface area contributed by atoms with Crippen LogP contribution in [0.25, 0.3) is 11.0 Å². The van der Waals surface area contributed by atoms with Crippen molar-refractivity contribution < 1.29 is 42.1 Å². The minimum absolute atomic E-state index is 0.0214. The van der Waals surface area contributed by atoms with E-state index in [1.54, 1.807) is 18.2 Å². The van der Waals surface area contributed by atoms with Crippen molar-refractivity contribution in [2.45, 2.75) is 95.8 Å². The highest BCUT2D eigenvalue weighted by molar-refractivity contribution is 5.87. The molecule has 1 aliphatic carbocycles. The molecule has 1 aromatic carbocycles. The molecule has 6 rings (SSSR count). The fourth-order valence-corrected chi connectivity index (χ4v) is 7.49. The Kier molecular flexibility index (Phi) is 9.20. The molecule has 4 heterocycles. The van der Waals surface area contributed by atoms with Gasteiger partial charge in [0.25, 0.3) is 5.92 Å². The van der Waals surface area contributed by atoms with E-state index in [4.69, 9.17) is 18.9 Å². The van der Waals surface area contributed by atoms with Crippen LogP contribution < -0.4 is 9.47 Å². The van der Waals surface area contributed by atoms with E-state index in [0.29, 0.717) is 63.0 Å². The van der Waals surface area contributed by atoms with E-state index < -0.39 is 53.4 Å². The Hall–Kier alpha value is -3.41. The van der Waals surface area contributed by atoms with Gasteiger partial charge < -0.3 is 28.6 Å². The number of halogens is 2. The monoisotopic (exact) mass is 643 g/mol. The van der Waals surface area contributed by atoms with Crippen molar-refractivity contribution in [3.05, 3.63) is 23.9 Å². The number of carbonyl (C=O) groups is 3. The van der Waals surface area contributed by atoms with Gasteiger partial charge in [-0.2, -0.15) is 8.78 Å². The second kappa shape index (κ2) is 13.0. The SMILES string of the molecule is CC[C@@H]1[C@@H]2CN(C(=O)[C@H](C3(C)CCOCC3)CC(=O)O[C@@H]3C[C@H]3CCCCC(F)(F)c3nc4ccc(OC)cc4nc3O2)[C@@H]1C=O. The summed E-state index contributed by atoms with van der Waals surface area (Å²) < 4.78 is 55.0. The van der Waals surface area contributed by atoms with Gasteiger partial charge in [-0.25, -0.2) is 9.97 Å². The quantitative estimate of drug-likeness (QED) is 0.326. The number of ether oxygens (including phenoxy) is 4. The van der Waals surface area contributed by atoms with Gasteiger partial charge in [-0.05, 0) is 62.0 Å². The number of benzene rings is 1. The first-order valence-electron chi connectivity index (χ1n) is 16.5. The molecular formula is C34H43F2N3O7. The molecule has 0 unspecified atom stereocenters. The van der Waals surface area contributed by atoms with Crippen molar-refractivity contribution in [2.75, 3.05) is 26.9 Å². The minimum Gasteiger partial charge on any atom is -0.497 e. The van der Waals surface area contributed by atoms with Crippen molar-refractivity contribution in [1.29, 1.82) is 0 Å². The lowest BCUT2D eigenvalue weighted by atomic mass is 9.69. The number of alkyl halides is 2. The summed E-state index contributed by atoms with van der Waals surface area (Å²) in [5, 5.41) is 0. The van der Waals surface area contributed by atoms with Gasteiger partial charge in [0.1, 0.15) is 24.2 Å². The van der Waals surface area contributed by atoms with Crippen LogP contribution in [0.5, 0.6) is 11.6 Å². The van der Waals surface area contributed by atoms with Crippen LogP contribution in [-0.2, 0) is 29.8 Å². The van der Waals surface area contributed by atoms with Gasteiger partial charge in [0, 0.05) is 31.6 Å². The number of fused-ring (bicyclic) bond motifs is 5. The summed E-state index contributed by atoms with van der Waals surface area (Å²) in [6, 6.07) is 3.97. The zero-order valence-electron chi connectivity index (χ0n) is 26.7. The number of carbonyl (C=O) groups excluding carboxylic acids is 3. The summed E-state index contributed by atoms with van der Waals surface area (Å²) in [5.41, 5.74) is -0.502. The Morgan fingerprint density at radius 3 is 2.57 bits per heavy atom. The maximum atomic E-state index is 16.0. The van der Waals surface area contributed by atoms with Crippen molar-refractivity contribution >= 4 is 29.2 Å². The lowest BCUT2D eigenvalue weighted by Crippen LogP contribution is -2.49. The second-order valence-corrected chi connectivity index (χ2v) is 13.6. The predicted octanol–water partition coefficient (Wildman–Crippen LogP) is 5.24. The highest BCUT2D eigenvalue weighted by atomic mass is 19.3. The molecule has 3 fully saturated rings. The Bertz CT molecular complexity index is 1470. The zero-order valence-corrected chi connectivity index (χ0v) is 26.7. The van der Waals surface area contributed by atoms with Crippen molar-refractivity contribution in [2.24, 2.45) is 23.2 Å². The first-order valence-corrected chi connectivity index (χ1v) is 16.5. The third-order valence-corrected chi connectivity index (χ3v) is 10.6. The lowest BCUT2D eigenvalue weighted by Gasteiger charge is -2.41. The zero-order chi connectivity index (χ0) is 32.6. The molecule has 1 saturated carbocycles. The second-order valence-electron chi connectivity index (χ2n) is 13.6. The average Bonchev–Trinajstić information content (AvgIpc) is 3.68. The largest absolute Gasteiger partial charge is 0.497 e. The molecule has 1 amide bonds. The topological polar surface area (TPSA) is 117 Å². The lowest BCUT2D eigenvalue weighted by molar-refractivity contribution is -0.156. The van der Waals surface area contributed by atoms with Crippen molar-refractivity contribution in [3.8, 4) is 11.6 Å². The number of hydrogen-bond donors (Lipinski definition) is 0. The van der Waals surface area contributed by atoms with E-state index in [-0.39, 0.29) is 48.7 Å². The third-order valence-electron chi connectivity index (χ3n) is 10.6. The van der Waals surface area contributed by atoms with Crippen LogP contribution in [0.4, 0.5) is 8.78 Å². The molecule has 4 aliphatic rings. The Balaban J connectivity index is 1.40. The third kappa shape index (κ3) is 6.41. The van der Waals surface area contributed by atoms with Gasteiger partial charge in [-0.15, -0.1) is 0 Å². The minimum atomic E-state index is -3.35. The van der Waals surface area contributed by atoms with E-state index >= 15 is 8.78 Å². The van der Waals surface area contributed by atoms with Gasteiger partial charge in [0.15, 0.2) is 5.69 Å². The summed E-state index contributed by atoms with van der Waals surface area (Å²) in [7, 11) is 1.50. The first kappa shape index (κ1) is 32.5.